The first-order valence-electron chi connectivity index (χ1n) is 2.51. The zero-order valence-electron chi connectivity index (χ0n) is 5.35. The Morgan fingerprint density at radius 1 is 1.78 bits per heavy atom. The third kappa shape index (κ3) is 3.08. The highest BCUT2D eigenvalue weighted by molar-refractivity contribution is 6.81. The van der Waals surface area contributed by atoms with Crippen LogP contribution in [0.5, 0.6) is 0 Å². The number of rotatable bonds is 2. The monoisotopic (exact) mass is 149 g/mol. The molecule has 0 heterocycles. The van der Waals surface area contributed by atoms with Crippen LogP contribution in [-0.2, 0) is 9.53 Å². The van der Waals surface area contributed by atoms with Crippen molar-refractivity contribution in [2.45, 2.75) is 6.92 Å². The van der Waals surface area contributed by atoms with Gasteiger partial charge in [0.2, 0.25) is 5.17 Å². The predicted molar refractivity (Wildman–Crippen MR) is 35.8 cm³/mol. The normalized spacial score (nSPS) is 11.2. The van der Waals surface area contributed by atoms with E-state index in [1.807, 2.05) is 0 Å². The highest BCUT2D eigenvalue weighted by Gasteiger charge is 2.05. The van der Waals surface area contributed by atoms with E-state index in [2.05, 4.69) is 9.73 Å². The molecule has 0 saturated heterocycles. The second-order valence-corrected chi connectivity index (χ2v) is 1.59. The lowest BCUT2D eigenvalue weighted by Crippen LogP contribution is -2.11. The molecule has 4 heteroatoms. The summed E-state index contributed by atoms with van der Waals surface area (Å²) in [5, 5.41) is -0.114. The maximum absolute atomic E-state index is 10.5. The summed E-state index contributed by atoms with van der Waals surface area (Å²) >= 11 is 5.27. The van der Waals surface area contributed by atoms with Crippen LogP contribution in [0, 0.1) is 0 Å². The van der Waals surface area contributed by atoms with Gasteiger partial charge >= 0.3 is 5.97 Å². The van der Waals surface area contributed by atoms with Crippen molar-refractivity contribution < 1.29 is 9.53 Å². The fourth-order valence-corrected chi connectivity index (χ4v) is 0.336. The van der Waals surface area contributed by atoms with Gasteiger partial charge < -0.3 is 4.74 Å². The molecule has 0 rings (SSSR count). The lowest BCUT2D eigenvalue weighted by molar-refractivity contribution is -0.134. The predicted octanol–water partition coefficient (Wildman–Crippen LogP) is 0.817. The fourth-order valence-electron chi connectivity index (χ4n) is 0.282. The van der Waals surface area contributed by atoms with E-state index in [1.165, 1.54) is 7.05 Å². The van der Waals surface area contributed by atoms with Crippen molar-refractivity contribution in [1.82, 2.24) is 0 Å². The van der Waals surface area contributed by atoms with E-state index >= 15 is 0 Å². The molecule has 0 unspecified atom stereocenters. The average molecular weight is 150 g/mol. The molecule has 0 amide bonds. The number of carbonyl (C=O) groups excluding carboxylic acids is 1. The Kier molecular flexibility index (Phi) is 4.05. The minimum absolute atomic E-state index is 0.114. The number of hydrogen-bond acceptors (Lipinski definition) is 3. The van der Waals surface area contributed by atoms with Gasteiger partial charge in [-0.25, -0.2) is 4.79 Å². The summed E-state index contributed by atoms with van der Waals surface area (Å²) in [7, 11) is 1.43. The van der Waals surface area contributed by atoms with E-state index in [4.69, 9.17) is 11.6 Å². The van der Waals surface area contributed by atoms with Crippen LogP contribution in [0.25, 0.3) is 0 Å². The first-order valence-corrected chi connectivity index (χ1v) is 2.89. The van der Waals surface area contributed by atoms with Crippen molar-refractivity contribution >= 4 is 22.7 Å². The van der Waals surface area contributed by atoms with Gasteiger partial charge in [-0.2, -0.15) is 0 Å². The molecule has 3 nitrogen and oxygen atoms in total. The maximum Gasteiger partial charge on any atom is 0.368 e. The third-order valence-corrected chi connectivity index (χ3v) is 0.964. The topological polar surface area (TPSA) is 38.7 Å². The smallest absolute Gasteiger partial charge is 0.368 e. The number of nitrogens with zero attached hydrogens (tertiary/aromatic N) is 1. The Hall–Kier alpha value is -0.570. The Balaban J connectivity index is 3.74. The molecule has 0 saturated carbocycles. The highest BCUT2D eigenvalue weighted by atomic mass is 35.5. The van der Waals surface area contributed by atoms with Gasteiger partial charge in [0.15, 0.2) is 0 Å². The molecule has 0 N–H and O–H groups in total. The number of carbonyl (C=O) groups is 1. The van der Waals surface area contributed by atoms with Crippen molar-refractivity contribution in [3.8, 4) is 0 Å². The standard InChI is InChI=1S/C5H8ClNO2/c1-3-9-5(8)4(6)7-2/h3H2,1-2H3/b7-4+. The molecule has 0 aromatic heterocycles. The van der Waals surface area contributed by atoms with Crippen molar-refractivity contribution in [3.05, 3.63) is 0 Å². The number of aliphatic imine (C=N–C) groups is 1. The molecule has 0 fully saturated rings. The van der Waals surface area contributed by atoms with Gasteiger partial charge in [-0.1, -0.05) is 11.6 Å². The molecule has 9 heavy (non-hydrogen) atoms. The Bertz CT molecular complexity index is 133. The van der Waals surface area contributed by atoms with E-state index in [0.717, 1.165) is 0 Å². The molecule has 52 valence electrons. The lowest BCUT2D eigenvalue weighted by atomic mass is 10.7. The number of halogens is 1. The minimum Gasteiger partial charge on any atom is -0.461 e. The number of esters is 1. The van der Waals surface area contributed by atoms with Crippen LogP contribution in [0.2, 0.25) is 0 Å². The summed E-state index contributed by atoms with van der Waals surface area (Å²) in [6.45, 7) is 2.03. The van der Waals surface area contributed by atoms with Gasteiger partial charge in [0.05, 0.1) is 6.61 Å². The summed E-state index contributed by atoms with van der Waals surface area (Å²) in [6.07, 6.45) is 0. The van der Waals surface area contributed by atoms with Crippen LogP contribution >= 0.6 is 11.6 Å². The quantitative estimate of drug-likeness (QED) is 0.431. The first-order chi connectivity index (χ1) is 4.22. The van der Waals surface area contributed by atoms with Crippen LogP contribution < -0.4 is 0 Å². The Labute approximate surface area is 58.7 Å². The summed E-state index contributed by atoms with van der Waals surface area (Å²) < 4.78 is 4.49. The Morgan fingerprint density at radius 3 is 2.67 bits per heavy atom. The van der Waals surface area contributed by atoms with Gasteiger partial charge in [0.1, 0.15) is 0 Å². The SMILES string of the molecule is CCOC(=O)/C(Cl)=N\C. The van der Waals surface area contributed by atoms with Crippen LogP contribution in [0.15, 0.2) is 4.99 Å². The van der Waals surface area contributed by atoms with Gasteiger partial charge in [-0.3, -0.25) is 4.99 Å². The van der Waals surface area contributed by atoms with E-state index in [0.29, 0.717) is 6.61 Å². The van der Waals surface area contributed by atoms with Gasteiger partial charge in [0, 0.05) is 7.05 Å². The Morgan fingerprint density at radius 2 is 2.33 bits per heavy atom. The summed E-state index contributed by atoms with van der Waals surface area (Å²) in [6, 6.07) is 0. The molecule has 0 aromatic rings. The van der Waals surface area contributed by atoms with E-state index in [9.17, 15) is 4.79 Å². The molecule has 0 aliphatic heterocycles. The zero-order valence-corrected chi connectivity index (χ0v) is 6.10. The van der Waals surface area contributed by atoms with Crippen LogP contribution in [0.1, 0.15) is 6.92 Å². The second-order valence-electron chi connectivity index (χ2n) is 1.23. The lowest BCUT2D eigenvalue weighted by Gasteiger charge is -1.95. The number of hydrogen-bond donors (Lipinski definition) is 0. The van der Waals surface area contributed by atoms with Gasteiger partial charge in [-0.05, 0) is 6.92 Å². The molecular weight excluding hydrogens is 142 g/mol. The van der Waals surface area contributed by atoms with E-state index < -0.39 is 5.97 Å². The minimum atomic E-state index is -0.568. The molecule has 0 bridgehead atoms. The van der Waals surface area contributed by atoms with E-state index in [1.54, 1.807) is 6.92 Å². The molecule has 0 atom stereocenters. The maximum atomic E-state index is 10.5. The molecular formula is C5H8ClNO2. The van der Waals surface area contributed by atoms with Gasteiger partial charge in [-0.15, -0.1) is 0 Å². The van der Waals surface area contributed by atoms with Crippen molar-refractivity contribution in [2.24, 2.45) is 4.99 Å². The molecule has 0 aliphatic carbocycles. The van der Waals surface area contributed by atoms with Crippen molar-refractivity contribution in [1.29, 1.82) is 0 Å². The van der Waals surface area contributed by atoms with Crippen LogP contribution in [0.4, 0.5) is 0 Å². The zero-order chi connectivity index (χ0) is 7.28. The summed E-state index contributed by atoms with van der Waals surface area (Å²) in [4.78, 5) is 13.9. The van der Waals surface area contributed by atoms with Crippen molar-refractivity contribution in [3.63, 3.8) is 0 Å². The molecule has 0 radical (unpaired) electrons. The fraction of sp³-hybridized carbons (Fsp3) is 0.600. The summed E-state index contributed by atoms with van der Waals surface area (Å²) in [5.74, 6) is -0.568. The molecule has 0 aromatic carbocycles. The largest absolute Gasteiger partial charge is 0.461 e. The third-order valence-electron chi connectivity index (χ3n) is 0.640. The molecule has 0 spiro atoms. The summed E-state index contributed by atoms with van der Waals surface area (Å²) in [5.41, 5.74) is 0. The number of ether oxygens (including phenoxy) is 1. The van der Waals surface area contributed by atoms with Crippen molar-refractivity contribution in [2.75, 3.05) is 13.7 Å². The van der Waals surface area contributed by atoms with Gasteiger partial charge in [0.25, 0.3) is 0 Å². The first kappa shape index (κ1) is 8.43. The average Bonchev–Trinajstić information content (AvgIpc) is 1.87. The van der Waals surface area contributed by atoms with Crippen LogP contribution in [0.3, 0.4) is 0 Å². The van der Waals surface area contributed by atoms with E-state index in [-0.39, 0.29) is 5.17 Å². The highest BCUT2D eigenvalue weighted by Crippen LogP contribution is 1.88. The molecule has 0 aliphatic rings. The van der Waals surface area contributed by atoms with Crippen LogP contribution in [-0.4, -0.2) is 24.8 Å². The second kappa shape index (κ2) is 4.32.